The number of rotatable bonds is 7. The van der Waals surface area contributed by atoms with E-state index in [1.807, 2.05) is 6.92 Å². The Morgan fingerprint density at radius 2 is 1.79 bits per heavy atom. The molecule has 1 aliphatic rings. The van der Waals surface area contributed by atoms with Gasteiger partial charge in [0.15, 0.2) is 5.78 Å². The molecule has 7 heteroatoms. The van der Waals surface area contributed by atoms with Crippen molar-refractivity contribution in [3.05, 3.63) is 59.4 Å². The highest BCUT2D eigenvalue weighted by Crippen LogP contribution is 2.51. The topological polar surface area (TPSA) is 108 Å². The van der Waals surface area contributed by atoms with Crippen molar-refractivity contribution < 1.29 is 24.2 Å². The van der Waals surface area contributed by atoms with Crippen molar-refractivity contribution in [2.75, 3.05) is 6.61 Å². The van der Waals surface area contributed by atoms with Gasteiger partial charge in [0.1, 0.15) is 5.54 Å². The van der Waals surface area contributed by atoms with Crippen molar-refractivity contribution in [3.63, 3.8) is 0 Å². The summed E-state index contributed by atoms with van der Waals surface area (Å²) in [5.41, 5.74) is -0.885. The number of nitrogens with one attached hydrogen (secondary N) is 2. The number of hydrogen-bond donors (Lipinski definition) is 3. The molecule has 7 nitrogen and oxygen atoms in total. The van der Waals surface area contributed by atoms with Gasteiger partial charge in [0.05, 0.1) is 6.10 Å². The van der Waals surface area contributed by atoms with E-state index in [0.717, 1.165) is 0 Å². The number of carbonyl (C=O) groups excluding carboxylic acids is 2. The average Bonchev–Trinajstić information content (AvgIpc) is 3.21. The first-order valence-electron chi connectivity index (χ1n) is 9.18. The molecule has 3 N–H and O–H groups in total. The number of carboxylic acids is 1. The summed E-state index contributed by atoms with van der Waals surface area (Å²) in [6, 6.07) is 7.85. The van der Waals surface area contributed by atoms with Gasteiger partial charge in [0, 0.05) is 47.5 Å². The molecule has 1 heterocycles. The first-order valence-corrected chi connectivity index (χ1v) is 9.18. The van der Waals surface area contributed by atoms with E-state index in [4.69, 9.17) is 4.74 Å². The largest absolute Gasteiger partial charge is 0.479 e. The molecule has 28 heavy (non-hydrogen) atoms. The van der Waals surface area contributed by atoms with Crippen molar-refractivity contribution in [1.29, 1.82) is 0 Å². The monoisotopic (exact) mass is 384 g/mol. The zero-order valence-electron chi connectivity index (χ0n) is 16.1. The van der Waals surface area contributed by atoms with Gasteiger partial charge in [-0.05, 0) is 25.1 Å². The molecule has 1 fully saturated rings. The van der Waals surface area contributed by atoms with Crippen LogP contribution in [0.25, 0.3) is 0 Å². The maximum atomic E-state index is 12.7. The predicted octanol–water partition coefficient (Wildman–Crippen LogP) is 2.63. The van der Waals surface area contributed by atoms with Gasteiger partial charge in [-0.15, -0.1) is 0 Å². The van der Waals surface area contributed by atoms with Gasteiger partial charge in [-0.3, -0.25) is 9.59 Å². The molecule has 1 aromatic carbocycles. The molecule has 0 saturated heterocycles. The van der Waals surface area contributed by atoms with E-state index < -0.39 is 22.8 Å². The highest BCUT2D eigenvalue weighted by Gasteiger charge is 2.66. The number of H-pyrrole nitrogens is 1. The van der Waals surface area contributed by atoms with Crippen LogP contribution in [0.2, 0.25) is 0 Å². The highest BCUT2D eigenvalue weighted by molar-refractivity contribution is 6.09. The Hall–Kier alpha value is -2.93. The van der Waals surface area contributed by atoms with Crippen LogP contribution in [0, 0.1) is 5.41 Å². The third-order valence-electron chi connectivity index (χ3n) is 5.73. The van der Waals surface area contributed by atoms with Crippen LogP contribution in [-0.2, 0) is 9.53 Å². The molecule has 3 rings (SSSR count). The minimum atomic E-state index is -1.40. The van der Waals surface area contributed by atoms with Gasteiger partial charge in [-0.25, -0.2) is 4.79 Å². The Morgan fingerprint density at radius 3 is 2.29 bits per heavy atom. The number of hydrogen-bond acceptors (Lipinski definition) is 4. The quantitative estimate of drug-likeness (QED) is 0.636. The second kappa shape index (κ2) is 7.24. The fourth-order valence-corrected chi connectivity index (χ4v) is 3.71. The molecule has 2 aromatic rings. The number of ether oxygens (including phenoxy) is 1. The first kappa shape index (κ1) is 19.8. The lowest BCUT2D eigenvalue weighted by Crippen LogP contribution is -2.76. The van der Waals surface area contributed by atoms with Crippen LogP contribution in [0.3, 0.4) is 0 Å². The van der Waals surface area contributed by atoms with Gasteiger partial charge in [-0.1, -0.05) is 26.0 Å². The van der Waals surface area contributed by atoms with Crippen LogP contribution >= 0.6 is 0 Å². The molecule has 0 spiro atoms. The molecule has 1 saturated carbocycles. The Balaban J connectivity index is 1.77. The van der Waals surface area contributed by atoms with Gasteiger partial charge in [-0.2, -0.15) is 0 Å². The smallest absolute Gasteiger partial charge is 0.330 e. The third kappa shape index (κ3) is 3.11. The van der Waals surface area contributed by atoms with Crippen LogP contribution in [0.4, 0.5) is 0 Å². The predicted molar refractivity (Wildman–Crippen MR) is 102 cm³/mol. The van der Waals surface area contributed by atoms with Crippen molar-refractivity contribution >= 4 is 17.7 Å². The fraction of sp³-hybridized carbons (Fsp3) is 0.381. The van der Waals surface area contributed by atoms with Gasteiger partial charge in [0.2, 0.25) is 0 Å². The Morgan fingerprint density at radius 1 is 1.14 bits per heavy atom. The van der Waals surface area contributed by atoms with Gasteiger partial charge < -0.3 is 20.1 Å². The lowest BCUT2D eigenvalue weighted by Gasteiger charge is -2.58. The Labute approximate surface area is 163 Å². The SMILES string of the molecule is CCOC1CC(NC(=O)c2ccc(C(=O)c3cc[nH]c3)cc2)(C(=O)O)C1(C)C. The molecular weight excluding hydrogens is 360 g/mol. The molecule has 1 aromatic heterocycles. The average molecular weight is 384 g/mol. The number of benzene rings is 1. The van der Waals surface area contributed by atoms with Gasteiger partial charge in [0.25, 0.3) is 5.91 Å². The summed E-state index contributed by atoms with van der Waals surface area (Å²) < 4.78 is 5.61. The van der Waals surface area contributed by atoms with Crippen LogP contribution in [0.1, 0.15) is 53.5 Å². The van der Waals surface area contributed by atoms with E-state index in [1.54, 1.807) is 44.4 Å². The summed E-state index contributed by atoms with van der Waals surface area (Å²) in [5.74, 6) is -1.73. The van der Waals surface area contributed by atoms with E-state index in [9.17, 15) is 19.5 Å². The number of aliphatic carboxylic acids is 1. The van der Waals surface area contributed by atoms with E-state index in [1.165, 1.54) is 12.1 Å². The van der Waals surface area contributed by atoms with Crippen molar-refractivity contribution in [3.8, 4) is 0 Å². The minimum Gasteiger partial charge on any atom is -0.479 e. The Kier molecular flexibility index (Phi) is 5.12. The fourth-order valence-electron chi connectivity index (χ4n) is 3.71. The van der Waals surface area contributed by atoms with Crippen molar-refractivity contribution in [2.24, 2.45) is 5.41 Å². The molecule has 2 unspecified atom stereocenters. The van der Waals surface area contributed by atoms with E-state index >= 15 is 0 Å². The molecule has 0 aliphatic heterocycles. The molecule has 2 atom stereocenters. The zero-order chi connectivity index (χ0) is 20.5. The second-order valence-electron chi connectivity index (χ2n) is 7.54. The van der Waals surface area contributed by atoms with E-state index in [-0.39, 0.29) is 18.3 Å². The summed E-state index contributed by atoms with van der Waals surface area (Å²) in [7, 11) is 0. The minimum absolute atomic E-state index is 0.158. The van der Waals surface area contributed by atoms with Gasteiger partial charge >= 0.3 is 5.97 Å². The molecule has 0 bridgehead atoms. The number of amides is 1. The summed E-state index contributed by atoms with van der Waals surface area (Å²) in [5, 5.41) is 12.5. The Bertz CT molecular complexity index is 886. The zero-order valence-corrected chi connectivity index (χ0v) is 16.1. The maximum absolute atomic E-state index is 12.7. The first-order chi connectivity index (χ1) is 13.2. The molecular formula is C21H24N2O5. The number of carbonyl (C=O) groups is 3. The standard InChI is InChI=1S/C21H24N2O5/c1-4-28-16-11-21(19(26)27,20(16,2)3)23-18(25)14-7-5-13(6-8-14)17(24)15-9-10-22-12-15/h5-10,12,16,22H,4,11H2,1-3H3,(H,23,25)(H,26,27). The van der Waals surface area contributed by atoms with E-state index in [0.29, 0.717) is 23.3 Å². The lowest BCUT2D eigenvalue weighted by atomic mass is 9.54. The summed E-state index contributed by atoms with van der Waals surface area (Å²) in [4.78, 5) is 39.9. The summed E-state index contributed by atoms with van der Waals surface area (Å²) >= 11 is 0. The van der Waals surface area contributed by atoms with Crippen molar-refractivity contribution in [1.82, 2.24) is 10.3 Å². The lowest BCUT2D eigenvalue weighted by molar-refractivity contribution is -0.190. The summed E-state index contributed by atoms with van der Waals surface area (Å²) in [6.45, 7) is 5.90. The number of aromatic amines is 1. The van der Waals surface area contributed by atoms with E-state index in [2.05, 4.69) is 10.3 Å². The number of carboxylic acid groups (broad SMARTS) is 1. The number of ketones is 1. The number of aromatic nitrogens is 1. The van der Waals surface area contributed by atoms with Crippen LogP contribution < -0.4 is 5.32 Å². The second-order valence-corrected chi connectivity index (χ2v) is 7.54. The van der Waals surface area contributed by atoms with Crippen molar-refractivity contribution in [2.45, 2.75) is 38.8 Å². The summed E-state index contributed by atoms with van der Waals surface area (Å²) in [6.07, 6.45) is 3.23. The maximum Gasteiger partial charge on any atom is 0.330 e. The highest BCUT2D eigenvalue weighted by atomic mass is 16.5. The molecule has 1 amide bonds. The molecule has 148 valence electrons. The molecule has 0 radical (unpaired) electrons. The van der Waals surface area contributed by atoms with Crippen LogP contribution in [0.5, 0.6) is 0 Å². The van der Waals surface area contributed by atoms with Crippen LogP contribution in [0.15, 0.2) is 42.7 Å². The third-order valence-corrected chi connectivity index (χ3v) is 5.73. The molecule has 1 aliphatic carbocycles. The normalized spacial score (nSPS) is 22.9. The van der Waals surface area contributed by atoms with Crippen LogP contribution in [-0.4, -0.2) is 46.0 Å².